The fraction of sp³-hybridized carbons (Fsp3) is 0.389. The van der Waals surface area contributed by atoms with Gasteiger partial charge in [0.05, 0.1) is 30.3 Å². The summed E-state index contributed by atoms with van der Waals surface area (Å²) >= 11 is 5.08. The van der Waals surface area contributed by atoms with Gasteiger partial charge in [-0.1, -0.05) is 0 Å². The number of rotatable bonds is 5. The zero-order valence-electron chi connectivity index (χ0n) is 14.7. The monoisotopic (exact) mass is 395 g/mol. The molecule has 1 atom stereocenters. The molecule has 0 spiro atoms. The first kappa shape index (κ1) is 19.2. The first-order chi connectivity index (χ1) is 12.9. The summed E-state index contributed by atoms with van der Waals surface area (Å²) in [4.78, 5) is 29.0. The van der Waals surface area contributed by atoms with Gasteiger partial charge in [0.2, 0.25) is 0 Å². The van der Waals surface area contributed by atoms with Crippen molar-refractivity contribution in [3.63, 3.8) is 0 Å². The number of carbonyl (C=O) groups excluding carboxylic acids is 1. The van der Waals surface area contributed by atoms with Crippen molar-refractivity contribution in [1.82, 2.24) is 14.5 Å². The van der Waals surface area contributed by atoms with Crippen molar-refractivity contribution in [1.29, 1.82) is 0 Å². The highest BCUT2D eigenvalue weighted by Crippen LogP contribution is 2.17. The molecule has 0 radical (unpaired) electrons. The van der Waals surface area contributed by atoms with Gasteiger partial charge in [0.25, 0.3) is 17.9 Å². The van der Waals surface area contributed by atoms with E-state index < -0.39 is 18.9 Å². The lowest BCUT2D eigenvalue weighted by Crippen LogP contribution is -2.41. The zero-order chi connectivity index (χ0) is 19.6. The van der Waals surface area contributed by atoms with E-state index in [0.29, 0.717) is 17.3 Å². The number of H-pyrrole nitrogens is 1. The van der Waals surface area contributed by atoms with Crippen molar-refractivity contribution in [3.8, 4) is 0 Å². The van der Waals surface area contributed by atoms with E-state index in [2.05, 4.69) is 4.98 Å². The number of fused-ring (bicyclic) bond motifs is 1. The maximum Gasteiger partial charge on any atom is 0.261 e. The number of allylic oxidation sites excluding steroid dienone is 1. The van der Waals surface area contributed by atoms with E-state index in [1.54, 1.807) is 7.05 Å². The Bertz CT molecular complexity index is 999. The molecule has 1 aliphatic rings. The number of benzene rings is 1. The van der Waals surface area contributed by atoms with Crippen molar-refractivity contribution in [2.24, 2.45) is 7.05 Å². The minimum atomic E-state index is -2.66. The third-order valence-corrected chi connectivity index (χ3v) is 4.82. The number of alkyl halides is 2. The number of nitrogens with one attached hydrogen (secondary N) is 1. The van der Waals surface area contributed by atoms with E-state index in [-0.39, 0.29) is 28.5 Å². The van der Waals surface area contributed by atoms with E-state index in [1.165, 1.54) is 29.0 Å². The van der Waals surface area contributed by atoms with Gasteiger partial charge in [-0.25, -0.2) is 8.78 Å². The number of ether oxygens (including phenoxy) is 1. The SMILES string of the molecule is Cn1c(=S)[nH]c2cc(C(=O)N(CC(F)F)C[C@H]3CCC=CO3)ccc2c1=O. The van der Waals surface area contributed by atoms with Gasteiger partial charge in [-0.05, 0) is 49.3 Å². The second-order valence-corrected chi connectivity index (χ2v) is 6.75. The van der Waals surface area contributed by atoms with Gasteiger partial charge < -0.3 is 14.6 Å². The van der Waals surface area contributed by atoms with Crippen LogP contribution in [0.3, 0.4) is 0 Å². The molecular formula is C18H19F2N3O3S. The quantitative estimate of drug-likeness (QED) is 0.791. The van der Waals surface area contributed by atoms with Crippen LogP contribution in [0.4, 0.5) is 8.78 Å². The van der Waals surface area contributed by atoms with Gasteiger partial charge in [-0.2, -0.15) is 0 Å². The van der Waals surface area contributed by atoms with Gasteiger partial charge in [0.15, 0.2) is 4.77 Å². The molecule has 0 bridgehead atoms. The molecule has 0 saturated heterocycles. The van der Waals surface area contributed by atoms with Crippen LogP contribution in [-0.2, 0) is 11.8 Å². The fourth-order valence-corrected chi connectivity index (χ4v) is 3.19. The van der Waals surface area contributed by atoms with Crippen molar-refractivity contribution in [2.75, 3.05) is 13.1 Å². The van der Waals surface area contributed by atoms with E-state index in [1.807, 2.05) is 6.08 Å². The second kappa shape index (κ2) is 7.99. The summed E-state index contributed by atoms with van der Waals surface area (Å²) in [6.45, 7) is -0.620. The molecule has 1 aromatic carbocycles. The molecule has 2 heterocycles. The lowest BCUT2D eigenvalue weighted by Gasteiger charge is -2.28. The Hall–Kier alpha value is -2.55. The Morgan fingerprint density at radius 3 is 2.93 bits per heavy atom. The molecule has 0 aliphatic carbocycles. The van der Waals surface area contributed by atoms with Gasteiger partial charge in [-0.3, -0.25) is 14.2 Å². The summed E-state index contributed by atoms with van der Waals surface area (Å²) in [5.74, 6) is -0.546. The van der Waals surface area contributed by atoms with E-state index >= 15 is 0 Å². The molecule has 2 aromatic rings. The Morgan fingerprint density at radius 2 is 2.26 bits per heavy atom. The van der Waals surface area contributed by atoms with Crippen molar-refractivity contribution >= 4 is 29.0 Å². The Morgan fingerprint density at radius 1 is 1.48 bits per heavy atom. The topological polar surface area (TPSA) is 67.3 Å². The molecule has 1 N–H and O–H groups in total. The predicted molar refractivity (Wildman–Crippen MR) is 99.5 cm³/mol. The predicted octanol–water partition coefficient (Wildman–Crippen LogP) is 3.00. The Labute approximate surface area is 159 Å². The number of nitrogens with zero attached hydrogens (tertiary/aromatic N) is 2. The normalized spacial score (nSPS) is 16.5. The first-order valence-electron chi connectivity index (χ1n) is 8.48. The molecule has 9 heteroatoms. The smallest absolute Gasteiger partial charge is 0.261 e. The number of aromatic amines is 1. The van der Waals surface area contributed by atoms with Crippen LogP contribution in [0.25, 0.3) is 10.9 Å². The lowest BCUT2D eigenvalue weighted by molar-refractivity contribution is 0.0322. The number of hydrogen-bond donors (Lipinski definition) is 1. The fourth-order valence-electron chi connectivity index (χ4n) is 2.99. The molecule has 0 unspecified atom stereocenters. The van der Waals surface area contributed by atoms with Gasteiger partial charge in [-0.15, -0.1) is 0 Å². The van der Waals surface area contributed by atoms with Gasteiger partial charge >= 0.3 is 0 Å². The molecule has 1 aliphatic heterocycles. The molecule has 1 amide bonds. The van der Waals surface area contributed by atoms with Crippen molar-refractivity contribution < 1.29 is 18.3 Å². The maximum atomic E-state index is 13.0. The highest BCUT2D eigenvalue weighted by molar-refractivity contribution is 7.71. The third-order valence-electron chi connectivity index (χ3n) is 4.44. The van der Waals surface area contributed by atoms with Crippen LogP contribution in [-0.4, -0.2) is 46.0 Å². The van der Waals surface area contributed by atoms with E-state index in [9.17, 15) is 18.4 Å². The summed E-state index contributed by atoms with van der Waals surface area (Å²) in [6, 6.07) is 4.43. The van der Waals surface area contributed by atoms with Crippen LogP contribution < -0.4 is 5.56 Å². The van der Waals surface area contributed by atoms with Gasteiger partial charge in [0.1, 0.15) is 6.10 Å². The van der Waals surface area contributed by atoms with Crippen LogP contribution in [0.1, 0.15) is 23.2 Å². The molecule has 1 aromatic heterocycles. The molecular weight excluding hydrogens is 376 g/mol. The lowest BCUT2D eigenvalue weighted by atomic mass is 10.1. The largest absolute Gasteiger partial charge is 0.497 e. The molecule has 6 nitrogen and oxygen atoms in total. The van der Waals surface area contributed by atoms with Crippen molar-refractivity contribution in [3.05, 3.63) is 51.2 Å². The molecule has 3 rings (SSSR count). The summed E-state index contributed by atoms with van der Waals surface area (Å²) in [5, 5.41) is 0.365. The molecule has 27 heavy (non-hydrogen) atoms. The average molecular weight is 395 g/mol. The maximum absolute atomic E-state index is 13.0. The zero-order valence-corrected chi connectivity index (χ0v) is 15.5. The van der Waals surface area contributed by atoms with Crippen LogP contribution in [0.2, 0.25) is 0 Å². The summed E-state index contributed by atoms with van der Waals surface area (Å²) in [7, 11) is 1.54. The molecule has 0 fully saturated rings. The summed E-state index contributed by atoms with van der Waals surface area (Å²) < 4.78 is 32.9. The standard InChI is InChI=1S/C18H19F2N3O3S/c1-22-17(25)13-6-5-11(8-14(13)21-18(22)27)16(24)23(10-15(19)20)9-12-4-2-3-7-26-12/h3,5-8,12,15H,2,4,9-10H2,1H3,(H,21,27)/t12-/m1/s1. The molecule has 0 saturated carbocycles. The third kappa shape index (κ3) is 4.24. The molecule has 144 valence electrons. The number of amides is 1. The first-order valence-corrected chi connectivity index (χ1v) is 8.88. The van der Waals surface area contributed by atoms with E-state index in [0.717, 1.165) is 11.3 Å². The van der Waals surface area contributed by atoms with Crippen LogP contribution in [0.5, 0.6) is 0 Å². The van der Waals surface area contributed by atoms with Crippen LogP contribution in [0, 0.1) is 4.77 Å². The minimum absolute atomic E-state index is 0.0676. The number of halogens is 2. The van der Waals surface area contributed by atoms with Crippen LogP contribution in [0.15, 0.2) is 35.3 Å². The second-order valence-electron chi connectivity index (χ2n) is 6.36. The van der Waals surface area contributed by atoms with E-state index in [4.69, 9.17) is 17.0 Å². The summed E-state index contributed by atoms with van der Waals surface area (Å²) in [5.41, 5.74) is 0.302. The average Bonchev–Trinajstić information content (AvgIpc) is 2.65. The summed E-state index contributed by atoms with van der Waals surface area (Å²) in [6.07, 6.45) is 1.83. The highest BCUT2D eigenvalue weighted by Gasteiger charge is 2.24. The van der Waals surface area contributed by atoms with Crippen LogP contribution >= 0.6 is 12.2 Å². The van der Waals surface area contributed by atoms with Crippen molar-refractivity contribution in [2.45, 2.75) is 25.4 Å². The number of hydrogen-bond acceptors (Lipinski definition) is 4. The Kier molecular flexibility index (Phi) is 5.69. The minimum Gasteiger partial charge on any atom is -0.497 e. The Balaban J connectivity index is 1.92. The number of aromatic nitrogens is 2. The van der Waals surface area contributed by atoms with Gasteiger partial charge in [0, 0.05) is 12.6 Å². The highest BCUT2D eigenvalue weighted by atomic mass is 32.1. The number of carbonyl (C=O) groups is 1.